The molecule has 1 heterocycles. The number of aromatic nitrogens is 1. The van der Waals surface area contributed by atoms with Crippen LogP contribution in [0, 0.1) is 0 Å². The third-order valence-electron chi connectivity index (χ3n) is 2.20. The molecule has 1 aromatic carbocycles. The maximum atomic E-state index is 5.67. The van der Waals surface area contributed by atoms with Crippen molar-refractivity contribution < 1.29 is 0 Å². The number of nitrogen functional groups attached to an aromatic ring is 1. The zero-order chi connectivity index (χ0) is 11.4. The number of nitrogens with one attached hydrogen (secondary N) is 1. The fourth-order valence-corrected chi connectivity index (χ4v) is 1.91. The standard InChI is InChI=1S/C12H12BrN3/c13-11-6-10(14)3-4-12(11)16-8-9-2-1-5-15-7-9/h1-7,16H,8,14H2. The molecule has 0 amide bonds. The van der Waals surface area contributed by atoms with E-state index in [4.69, 9.17) is 5.73 Å². The van der Waals surface area contributed by atoms with Crippen molar-refractivity contribution in [3.05, 3.63) is 52.8 Å². The third-order valence-corrected chi connectivity index (χ3v) is 2.85. The van der Waals surface area contributed by atoms with Crippen LogP contribution in [0.3, 0.4) is 0 Å². The van der Waals surface area contributed by atoms with E-state index in [2.05, 4.69) is 26.2 Å². The van der Waals surface area contributed by atoms with Gasteiger partial charge in [-0.15, -0.1) is 0 Å². The summed E-state index contributed by atoms with van der Waals surface area (Å²) >= 11 is 3.46. The molecule has 2 aromatic rings. The van der Waals surface area contributed by atoms with Crippen molar-refractivity contribution in [2.75, 3.05) is 11.1 Å². The monoisotopic (exact) mass is 277 g/mol. The topological polar surface area (TPSA) is 50.9 Å². The molecule has 0 spiro atoms. The lowest BCUT2D eigenvalue weighted by Gasteiger charge is -2.08. The van der Waals surface area contributed by atoms with Crippen LogP contribution < -0.4 is 11.1 Å². The van der Waals surface area contributed by atoms with Crippen LogP contribution >= 0.6 is 15.9 Å². The van der Waals surface area contributed by atoms with Crippen LogP contribution in [0.5, 0.6) is 0 Å². The summed E-state index contributed by atoms with van der Waals surface area (Å²) in [6.07, 6.45) is 3.61. The average Bonchev–Trinajstić information content (AvgIpc) is 2.29. The van der Waals surface area contributed by atoms with Gasteiger partial charge >= 0.3 is 0 Å². The second-order valence-corrected chi connectivity index (χ2v) is 4.31. The Kier molecular flexibility index (Phi) is 3.41. The van der Waals surface area contributed by atoms with E-state index < -0.39 is 0 Å². The van der Waals surface area contributed by atoms with Crippen LogP contribution in [-0.4, -0.2) is 4.98 Å². The largest absolute Gasteiger partial charge is 0.399 e. The van der Waals surface area contributed by atoms with Crippen molar-refractivity contribution in [2.45, 2.75) is 6.54 Å². The van der Waals surface area contributed by atoms with E-state index in [1.54, 1.807) is 6.20 Å². The van der Waals surface area contributed by atoms with Gasteiger partial charge < -0.3 is 11.1 Å². The third kappa shape index (κ3) is 2.73. The summed E-state index contributed by atoms with van der Waals surface area (Å²) < 4.78 is 0.969. The van der Waals surface area contributed by atoms with Gasteiger partial charge in [-0.1, -0.05) is 6.07 Å². The van der Waals surface area contributed by atoms with Gasteiger partial charge in [0.1, 0.15) is 0 Å². The van der Waals surface area contributed by atoms with Crippen LogP contribution in [0.25, 0.3) is 0 Å². The molecule has 0 bridgehead atoms. The molecule has 1 aromatic heterocycles. The summed E-state index contributed by atoms with van der Waals surface area (Å²) in [6, 6.07) is 9.66. The predicted molar refractivity (Wildman–Crippen MR) is 70.1 cm³/mol. The molecule has 2 rings (SSSR count). The lowest BCUT2D eigenvalue weighted by molar-refractivity contribution is 1.11. The quantitative estimate of drug-likeness (QED) is 0.848. The fourth-order valence-electron chi connectivity index (χ4n) is 1.37. The number of hydrogen-bond acceptors (Lipinski definition) is 3. The molecule has 0 saturated carbocycles. The smallest absolute Gasteiger partial charge is 0.0488 e. The van der Waals surface area contributed by atoms with Crippen molar-refractivity contribution in [3.8, 4) is 0 Å². The SMILES string of the molecule is Nc1ccc(NCc2cccnc2)c(Br)c1. The Labute approximate surface area is 103 Å². The normalized spacial score (nSPS) is 10.1. The van der Waals surface area contributed by atoms with Gasteiger partial charge in [0.25, 0.3) is 0 Å². The maximum Gasteiger partial charge on any atom is 0.0488 e. The van der Waals surface area contributed by atoms with Gasteiger partial charge in [0.05, 0.1) is 0 Å². The zero-order valence-electron chi connectivity index (χ0n) is 8.65. The molecule has 0 fully saturated rings. The van der Waals surface area contributed by atoms with E-state index in [-0.39, 0.29) is 0 Å². The average molecular weight is 278 g/mol. The van der Waals surface area contributed by atoms with E-state index in [1.807, 2.05) is 36.5 Å². The lowest BCUT2D eigenvalue weighted by Crippen LogP contribution is -2.00. The van der Waals surface area contributed by atoms with Crippen LogP contribution in [0.1, 0.15) is 5.56 Å². The van der Waals surface area contributed by atoms with Crippen LogP contribution in [0.4, 0.5) is 11.4 Å². The minimum absolute atomic E-state index is 0.746. The Hall–Kier alpha value is -1.55. The molecule has 0 saturated heterocycles. The fraction of sp³-hybridized carbons (Fsp3) is 0.0833. The first kappa shape index (κ1) is 11.0. The zero-order valence-corrected chi connectivity index (χ0v) is 10.2. The number of nitrogens with two attached hydrogens (primary N) is 1. The summed E-state index contributed by atoms with van der Waals surface area (Å²) in [5, 5.41) is 3.31. The molecule has 0 aliphatic carbocycles. The molecule has 0 radical (unpaired) electrons. The Bertz CT molecular complexity index is 471. The first-order chi connectivity index (χ1) is 7.75. The highest BCUT2D eigenvalue weighted by Crippen LogP contribution is 2.24. The Morgan fingerprint density at radius 1 is 1.31 bits per heavy atom. The van der Waals surface area contributed by atoms with Crippen molar-refractivity contribution in [1.29, 1.82) is 0 Å². The van der Waals surface area contributed by atoms with E-state index in [9.17, 15) is 0 Å². The Morgan fingerprint density at radius 3 is 2.88 bits per heavy atom. The van der Waals surface area contributed by atoms with Gasteiger partial charge in [0.15, 0.2) is 0 Å². The van der Waals surface area contributed by atoms with Gasteiger partial charge in [-0.3, -0.25) is 4.98 Å². The minimum atomic E-state index is 0.746. The molecule has 0 atom stereocenters. The maximum absolute atomic E-state index is 5.67. The highest BCUT2D eigenvalue weighted by Gasteiger charge is 1.99. The first-order valence-electron chi connectivity index (χ1n) is 4.93. The van der Waals surface area contributed by atoms with Crippen LogP contribution in [0.15, 0.2) is 47.2 Å². The number of nitrogens with zero attached hydrogens (tertiary/aromatic N) is 1. The molecule has 3 nitrogen and oxygen atoms in total. The molecule has 16 heavy (non-hydrogen) atoms. The molecule has 0 unspecified atom stereocenters. The number of halogens is 1. The number of hydrogen-bond donors (Lipinski definition) is 2. The summed E-state index contributed by atoms with van der Waals surface area (Å²) in [5.74, 6) is 0. The Balaban J connectivity index is 2.05. The second-order valence-electron chi connectivity index (χ2n) is 3.45. The van der Waals surface area contributed by atoms with Crippen molar-refractivity contribution in [1.82, 2.24) is 4.98 Å². The predicted octanol–water partition coefficient (Wildman–Crippen LogP) is 3.04. The van der Waals surface area contributed by atoms with E-state index in [0.717, 1.165) is 28.0 Å². The van der Waals surface area contributed by atoms with Gasteiger partial charge in [-0.25, -0.2) is 0 Å². The molecule has 82 valence electrons. The number of pyridine rings is 1. The Morgan fingerprint density at radius 2 is 2.19 bits per heavy atom. The first-order valence-corrected chi connectivity index (χ1v) is 5.73. The van der Waals surface area contributed by atoms with Gasteiger partial charge in [-0.2, -0.15) is 0 Å². The molecular weight excluding hydrogens is 266 g/mol. The summed E-state index contributed by atoms with van der Waals surface area (Å²) in [7, 11) is 0. The summed E-state index contributed by atoms with van der Waals surface area (Å²) in [4.78, 5) is 4.06. The van der Waals surface area contributed by atoms with Crippen molar-refractivity contribution >= 4 is 27.3 Å². The number of benzene rings is 1. The highest BCUT2D eigenvalue weighted by atomic mass is 79.9. The highest BCUT2D eigenvalue weighted by molar-refractivity contribution is 9.10. The van der Waals surface area contributed by atoms with E-state index >= 15 is 0 Å². The lowest BCUT2D eigenvalue weighted by atomic mass is 10.2. The summed E-state index contributed by atoms with van der Waals surface area (Å²) in [5.41, 5.74) is 8.59. The van der Waals surface area contributed by atoms with Gasteiger partial charge in [-0.05, 0) is 45.8 Å². The molecule has 3 N–H and O–H groups in total. The second kappa shape index (κ2) is 4.99. The van der Waals surface area contributed by atoms with Gasteiger partial charge in [0, 0.05) is 34.8 Å². The minimum Gasteiger partial charge on any atom is -0.399 e. The van der Waals surface area contributed by atoms with Gasteiger partial charge in [0.2, 0.25) is 0 Å². The van der Waals surface area contributed by atoms with Crippen LogP contribution in [-0.2, 0) is 6.54 Å². The molecule has 4 heteroatoms. The number of rotatable bonds is 3. The molecular formula is C12H12BrN3. The van der Waals surface area contributed by atoms with Crippen molar-refractivity contribution in [2.24, 2.45) is 0 Å². The van der Waals surface area contributed by atoms with E-state index in [1.165, 1.54) is 0 Å². The van der Waals surface area contributed by atoms with E-state index in [0.29, 0.717) is 0 Å². The molecule has 0 aliphatic heterocycles. The van der Waals surface area contributed by atoms with Crippen molar-refractivity contribution in [3.63, 3.8) is 0 Å². The molecule has 0 aliphatic rings. The summed E-state index contributed by atoms with van der Waals surface area (Å²) in [6.45, 7) is 0.746. The van der Waals surface area contributed by atoms with Crippen LogP contribution in [0.2, 0.25) is 0 Å². The number of anilines is 2.